The van der Waals surface area contributed by atoms with Gasteiger partial charge in [-0.2, -0.15) is 0 Å². The molecule has 0 saturated carbocycles. The molecule has 0 saturated heterocycles. The summed E-state index contributed by atoms with van der Waals surface area (Å²) < 4.78 is 95.4. The molecule has 0 unspecified atom stereocenters. The largest absolute Gasteiger partial charge is 0.744 e. The Bertz CT molecular complexity index is 1380. The summed E-state index contributed by atoms with van der Waals surface area (Å²) in [5.74, 6) is 0. The lowest BCUT2D eigenvalue weighted by atomic mass is 10.1. The SMILES string of the molecule is O=S(=O)([O-])c1cc(S(=O)(=O)[O-])c2cc(NS(=O)(=O)c3ccccc3)ccc2c1. The third kappa shape index (κ3) is 4.15. The molecule has 0 atom stereocenters. The molecule has 1 N–H and O–H groups in total. The van der Waals surface area contributed by atoms with Crippen molar-refractivity contribution in [3.8, 4) is 0 Å². The van der Waals surface area contributed by atoms with E-state index in [4.69, 9.17) is 0 Å². The molecule has 0 aliphatic carbocycles. The molecule has 28 heavy (non-hydrogen) atoms. The molecule has 148 valence electrons. The van der Waals surface area contributed by atoms with Crippen molar-refractivity contribution in [1.29, 1.82) is 0 Å². The highest BCUT2D eigenvalue weighted by molar-refractivity contribution is 7.92. The second-order valence-corrected chi connectivity index (χ2v) is 10.1. The van der Waals surface area contributed by atoms with E-state index in [1.165, 1.54) is 36.4 Å². The lowest BCUT2D eigenvalue weighted by molar-refractivity contribution is 0.462. The van der Waals surface area contributed by atoms with Gasteiger partial charge in [0, 0.05) is 11.1 Å². The van der Waals surface area contributed by atoms with E-state index in [9.17, 15) is 34.4 Å². The van der Waals surface area contributed by atoms with Crippen LogP contribution >= 0.6 is 0 Å². The molecule has 0 spiro atoms. The molecule has 3 rings (SSSR count). The molecule has 0 radical (unpaired) electrons. The molecular formula is C16H11NO8S3-2. The van der Waals surface area contributed by atoms with Crippen LogP contribution in [0.15, 0.2) is 75.4 Å². The van der Waals surface area contributed by atoms with Gasteiger partial charge in [0.05, 0.1) is 14.7 Å². The second kappa shape index (κ2) is 6.83. The quantitative estimate of drug-likeness (QED) is 0.582. The summed E-state index contributed by atoms with van der Waals surface area (Å²) in [5.41, 5.74) is -0.0565. The normalized spacial score (nSPS) is 12.8. The van der Waals surface area contributed by atoms with Gasteiger partial charge in [0.15, 0.2) is 0 Å². The minimum atomic E-state index is -5.16. The van der Waals surface area contributed by atoms with Crippen LogP contribution in [0.3, 0.4) is 0 Å². The van der Waals surface area contributed by atoms with E-state index >= 15 is 0 Å². The molecule has 3 aromatic carbocycles. The zero-order chi connectivity index (χ0) is 20.7. The van der Waals surface area contributed by atoms with E-state index in [1.54, 1.807) is 6.07 Å². The maximum Gasteiger partial charge on any atom is 0.261 e. The zero-order valence-electron chi connectivity index (χ0n) is 13.8. The van der Waals surface area contributed by atoms with E-state index in [1.807, 2.05) is 0 Å². The molecule has 0 fully saturated rings. The number of hydrogen-bond donors (Lipinski definition) is 1. The Morgan fingerprint density at radius 2 is 1.32 bits per heavy atom. The Hall–Kier alpha value is -2.51. The standard InChI is InChI=1S/C16H13NO8S3/c18-26(19,13-4-2-1-3-5-13)17-12-7-6-11-8-14(27(20,21)22)10-16(15(11)9-12)28(23,24)25/h1-10,17H,(H,20,21,22)(H,23,24,25)/p-2. The third-order valence-corrected chi connectivity index (χ3v) is 6.84. The van der Waals surface area contributed by atoms with Crippen molar-refractivity contribution in [3.63, 3.8) is 0 Å². The number of anilines is 1. The smallest absolute Gasteiger partial charge is 0.261 e. The van der Waals surface area contributed by atoms with Crippen LogP contribution in [0, 0.1) is 0 Å². The van der Waals surface area contributed by atoms with Crippen molar-refractivity contribution >= 4 is 46.7 Å². The molecule has 12 heteroatoms. The molecular weight excluding hydrogens is 430 g/mol. The highest BCUT2D eigenvalue weighted by Crippen LogP contribution is 2.30. The predicted octanol–water partition coefficient (Wildman–Crippen LogP) is 1.45. The van der Waals surface area contributed by atoms with Crippen LogP contribution < -0.4 is 4.72 Å². The van der Waals surface area contributed by atoms with Crippen molar-refractivity contribution in [2.24, 2.45) is 0 Å². The van der Waals surface area contributed by atoms with Crippen LogP contribution in [-0.2, 0) is 30.3 Å². The van der Waals surface area contributed by atoms with E-state index in [-0.39, 0.29) is 21.4 Å². The maximum absolute atomic E-state index is 12.4. The van der Waals surface area contributed by atoms with Gasteiger partial charge >= 0.3 is 0 Å². The van der Waals surface area contributed by atoms with Crippen LogP contribution in [0.2, 0.25) is 0 Å². The van der Waals surface area contributed by atoms with E-state index in [2.05, 4.69) is 4.72 Å². The minimum Gasteiger partial charge on any atom is -0.744 e. The van der Waals surface area contributed by atoms with Crippen LogP contribution in [0.5, 0.6) is 0 Å². The summed E-state index contributed by atoms with van der Waals surface area (Å²) in [7, 11) is -14.2. The second-order valence-electron chi connectivity index (χ2n) is 5.68. The summed E-state index contributed by atoms with van der Waals surface area (Å²) in [6.07, 6.45) is 0. The predicted molar refractivity (Wildman–Crippen MR) is 97.1 cm³/mol. The van der Waals surface area contributed by atoms with E-state index in [0.717, 1.165) is 12.1 Å². The molecule has 0 heterocycles. The Balaban J connectivity index is 2.19. The fourth-order valence-corrected chi connectivity index (χ4v) is 4.92. The van der Waals surface area contributed by atoms with Crippen molar-refractivity contribution in [2.75, 3.05) is 4.72 Å². The average molecular weight is 441 g/mol. The summed E-state index contributed by atoms with van der Waals surface area (Å²) in [4.78, 5) is -1.87. The Morgan fingerprint density at radius 1 is 0.679 bits per heavy atom. The van der Waals surface area contributed by atoms with E-state index < -0.39 is 40.1 Å². The summed E-state index contributed by atoms with van der Waals surface area (Å²) in [5, 5.41) is -0.260. The lowest BCUT2D eigenvalue weighted by Crippen LogP contribution is -2.13. The Kier molecular flexibility index (Phi) is 4.93. The molecule has 0 aliphatic heterocycles. The van der Waals surface area contributed by atoms with Crippen LogP contribution in [0.1, 0.15) is 0 Å². The zero-order valence-corrected chi connectivity index (χ0v) is 16.2. The molecule has 0 bridgehead atoms. The van der Waals surface area contributed by atoms with Crippen molar-refractivity contribution in [3.05, 3.63) is 60.7 Å². The van der Waals surface area contributed by atoms with Crippen molar-refractivity contribution < 1.29 is 34.4 Å². The van der Waals surface area contributed by atoms with Gasteiger partial charge in [-0.25, -0.2) is 25.3 Å². The van der Waals surface area contributed by atoms with Gasteiger partial charge in [-0.15, -0.1) is 0 Å². The Labute approximate surface area is 161 Å². The topological polar surface area (TPSA) is 161 Å². The van der Waals surface area contributed by atoms with Crippen LogP contribution in [-0.4, -0.2) is 34.4 Å². The van der Waals surface area contributed by atoms with Gasteiger partial charge in [0.2, 0.25) is 0 Å². The molecule has 0 aromatic heterocycles. The highest BCUT2D eigenvalue weighted by Gasteiger charge is 2.17. The number of sulfonamides is 1. The van der Waals surface area contributed by atoms with Gasteiger partial charge in [-0.05, 0) is 41.8 Å². The van der Waals surface area contributed by atoms with Crippen molar-refractivity contribution in [1.82, 2.24) is 0 Å². The first-order valence-electron chi connectivity index (χ1n) is 7.45. The van der Waals surface area contributed by atoms with E-state index in [0.29, 0.717) is 6.07 Å². The summed E-state index contributed by atoms with van der Waals surface area (Å²) in [6.45, 7) is 0. The fraction of sp³-hybridized carbons (Fsp3) is 0. The molecule has 3 aromatic rings. The van der Waals surface area contributed by atoms with Crippen LogP contribution in [0.4, 0.5) is 5.69 Å². The maximum atomic E-state index is 12.4. The average Bonchev–Trinajstić information content (AvgIpc) is 2.59. The van der Waals surface area contributed by atoms with Gasteiger partial charge in [-0.1, -0.05) is 24.3 Å². The molecule has 9 nitrogen and oxygen atoms in total. The molecule has 0 amide bonds. The van der Waals surface area contributed by atoms with Gasteiger partial charge < -0.3 is 9.11 Å². The first-order valence-corrected chi connectivity index (χ1v) is 11.8. The van der Waals surface area contributed by atoms with Crippen LogP contribution in [0.25, 0.3) is 10.8 Å². The van der Waals surface area contributed by atoms with Gasteiger partial charge in [0.1, 0.15) is 20.2 Å². The highest BCUT2D eigenvalue weighted by atomic mass is 32.2. The number of rotatable bonds is 5. The molecule has 0 aliphatic rings. The van der Waals surface area contributed by atoms with Gasteiger partial charge in [-0.3, -0.25) is 4.72 Å². The summed E-state index contributed by atoms with van der Waals surface area (Å²) in [6, 6.07) is 12.2. The minimum absolute atomic E-state index is 0.0333. The summed E-state index contributed by atoms with van der Waals surface area (Å²) >= 11 is 0. The van der Waals surface area contributed by atoms with Gasteiger partial charge in [0.25, 0.3) is 10.0 Å². The first kappa shape index (κ1) is 20.2. The number of benzene rings is 3. The number of nitrogens with one attached hydrogen (secondary N) is 1. The number of hydrogen-bond acceptors (Lipinski definition) is 8. The Morgan fingerprint density at radius 3 is 1.89 bits per heavy atom. The first-order chi connectivity index (χ1) is 12.9. The monoisotopic (exact) mass is 441 g/mol. The fourth-order valence-electron chi connectivity index (χ4n) is 2.53. The number of fused-ring (bicyclic) bond motifs is 1. The van der Waals surface area contributed by atoms with Crippen molar-refractivity contribution in [2.45, 2.75) is 14.7 Å². The third-order valence-electron chi connectivity index (χ3n) is 3.75. The lowest BCUT2D eigenvalue weighted by Gasteiger charge is -2.16.